The van der Waals surface area contributed by atoms with E-state index in [-0.39, 0.29) is 24.2 Å². The van der Waals surface area contributed by atoms with E-state index in [2.05, 4.69) is 4.98 Å². The van der Waals surface area contributed by atoms with Crippen molar-refractivity contribution >= 4 is 11.6 Å². The highest BCUT2D eigenvalue weighted by Crippen LogP contribution is 2.30. The lowest BCUT2D eigenvalue weighted by Crippen LogP contribution is -2.40. The first-order valence-corrected chi connectivity index (χ1v) is 8.30. The monoisotopic (exact) mass is 373 g/mol. The third-order valence-electron chi connectivity index (χ3n) is 4.60. The summed E-state index contributed by atoms with van der Waals surface area (Å²) >= 11 is 0. The fourth-order valence-corrected chi connectivity index (χ4v) is 3.23. The number of hydrogen-bond donors (Lipinski definition) is 0. The van der Waals surface area contributed by atoms with Gasteiger partial charge in [0.15, 0.2) is 0 Å². The Labute approximate surface area is 151 Å². The first-order valence-electron chi connectivity index (χ1n) is 8.30. The van der Waals surface area contributed by atoms with Gasteiger partial charge in [-0.3, -0.25) is 14.0 Å². The van der Waals surface area contributed by atoms with Gasteiger partial charge in [0.25, 0.3) is 11.5 Å². The number of halogens is 3. The van der Waals surface area contributed by atoms with Crippen molar-refractivity contribution in [2.75, 3.05) is 6.54 Å². The van der Waals surface area contributed by atoms with Crippen LogP contribution in [0.5, 0.6) is 0 Å². The minimum atomic E-state index is -4.52. The number of fused-ring (bicyclic) bond motifs is 2. The van der Waals surface area contributed by atoms with Crippen molar-refractivity contribution in [1.82, 2.24) is 14.3 Å². The standard InChI is InChI=1S/C19H14F3N3O2/c20-19(21,22)13-5-3-4-12(10-13)17(26)24-9-7-15-14(11-24)18(27)25-8-2-1-6-16(25)23-15/h1-6,8,10H,7,9,11H2. The minimum absolute atomic E-state index is 0.0219. The molecule has 0 atom stereocenters. The van der Waals surface area contributed by atoms with E-state index in [1.54, 1.807) is 24.4 Å². The van der Waals surface area contributed by atoms with Crippen LogP contribution in [0.3, 0.4) is 0 Å². The molecule has 0 radical (unpaired) electrons. The molecule has 1 aliphatic heterocycles. The van der Waals surface area contributed by atoms with Crippen molar-refractivity contribution in [3.8, 4) is 0 Å². The van der Waals surface area contributed by atoms with Gasteiger partial charge < -0.3 is 4.90 Å². The number of benzene rings is 1. The molecule has 0 saturated heterocycles. The Morgan fingerprint density at radius 3 is 2.70 bits per heavy atom. The van der Waals surface area contributed by atoms with E-state index >= 15 is 0 Å². The number of alkyl halides is 3. The smallest absolute Gasteiger partial charge is 0.334 e. The molecule has 0 saturated carbocycles. The normalized spacial score (nSPS) is 14.3. The van der Waals surface area contributed by atoms with Gasteiger partial charge in [-0.05, 0) is 30.3 Å². The molecule has 138 valence electrons. The van der Waals surface area contributed by atoms with Crippen LogP contribution >= 0.6 is 0 Å². The van der Waals surface area contributed by atoms with E-state index in [4.69, 9.17) is 0 Å². The summed E-state index contributed by atoms with van der Waals surface area (Å²) < 4.78 is 40.1. The van der Waals surface area contributed by atoms with E-state index < -0.39 is 17.6 Å². The van der Waals surface area contributed by atoms with Gasteiger partial charge in [-0.2, -0.15) is 13.2 Å². The van der Waals surface area contributed by atoms with Crippen LogP contribution in [0.4, 0.5) is 13.2 Å². The minimum Gasteiger partial charge on any atom is -0.334 e. The number of rotatable bonds is 1. The Hall–Kier alpha value is -3.16. The Morgan fingerprint density at radius 2 is 1.93 bits per heavy atom. The highest BCUT2D eigenvalue weighted by molar-refractivity contribution is 5.94. The van der Waals surface area contributed by atoms with Crippen LogP contribution in [-0.4, -0.2) is 26.7 Å². The average Bonchev–Trinajstić information content (AvgIpc) is 2.67. The zero-order chi connectivity index (χ0) is 19.2. The molecular formula is C19H14F3N3O2. The zero-order valence-electron chi connectivity index (χ0n) is 14.0. The lowest BCUT2D eigenvalue weighted by Gasteiger charge is -2.28. The van der Waals surface area contributed by atoms with Crippen LogP contribution in [-0.2, 0) is 19.1 Å². The second-order valence-electron chi connectivity index (χ2n) is 6.33. The fraction of sp³-hybridized carbons (Fsp3) is 0.211. The summed E-state index contributed by atoms with van der Waals surface area (Å²) in [6.07, 6.45) is -2.55. The van der Waals surface area contributed by atoms with Gasteiger partial charge in [0.2, 0.25) is 0 Å². The molecule has 1 aliphatic rings. The van der Waals surface area contributed by atoms with Crippen LogP contribution in [0, 0.1) is 0 Å². The number of hydrogen-bond acceptors (Lipinski definition) is 3. The summed E-state index contributed by atoms with van der Waals surface area (Å²) in [5.41, 5.74) is 0.348. The summed E-state index contributed by atoms with van der Waals surface area (Å²) in [6, 6.07) is 9.52. The maximum absolute atomic E-state index is 12.9. The first kappa shape index (κ1) is 17.3. The van der Waals surface area contributed by atoms with Gasteiger partial charge >= 0.3 is 6.18 Å². The highest BCUT2D eigenvalue weighted by Gasteiger charge is 2.32. The molecule has 0 fully saturated rings. The summed E-state index contributed by atoms with van der Waals surface area (Å²) in [7, 11) is 0. The molecule has 0 bridgehead atoms. The first-order chi connectivity index (χ1) is 12.8. The third kappa shape index (κ3) is 3.07. The van der Waals surface area contributed by atoms with E-state index in [0.29, 0.717) is 23.3 Å². The van der Waals surface area contributed by atoms with Crippen molar-refractivity contribution < 1.29 is 18.0 Å². The van der Waals surface area contributed by atoms with Gasteiger partial charge in [-0.1, -0.05) is 12.1 Å². The van der Waals surface area contributed by atoms with Crippen molar-refractivity contribution in [2.45, 2.75) is 19.1 Å². The molecule has 0 unspecified atom stereocenters. The number of amides is 1. The molecule has 0 aliphatic carbocycles. The SMILES string of the molecule is O=C(c1cccc(C(F)(F)F)c1)N1CCc2nc3ccccn3c(=O)c2C1. The summed E-state index contributed by atoms with van der Waals surface area (Å²) in [4.78, 5) is 31.2. The molecule has 27 heavy (non-hydrogen) atoms. The predicted octanol–water partition coefficient (Wildman–Crippen LogP) is 2.91. The molecule has 0 spiro atoms. The highest BCUT2D eigenvalue weighted by atomic mass is 19.4. The molecular weight excluding hydrogens is 359 g/mol. The number of pyridine rings is 1. The molecule has 2 aromatic heterocycles. The van der Waals surface area contributed by atoms with E-state index in [1.807, 2.05) is 0 Å². The lowest BCUT2D eigenvalue weighted by molar-refractivity contribution is -0.137. The molecule has 1 aromatic carbocycles. The molecule has 4 rings (SSSR count). The molecule has 1 amide bonds. The number of carbonyl (C=O) groups is 1. The van der Waals surface area contributed by atoms with Crippen molar-refractivity contribution in [1.29, 1.82) is 0 Å². The Balaban J connectivity index is 1.68. The maximum atomic E-state index is 12.9. The molecule has 3 heterocycles. The summed E-state index contributed by atoms with van der Waals surface area (Å²) in [6.45, 7) is 0.311. The fourth-order valence-electron chi connectivity index (χ4n) is 3.23. The van der Waals surface area contributed by atoms with E-state index in [1.165, 1.54) is 21.4 Å². The van der Waals surface area contributed by atoms with Crippen LogP contribution in [0.15, 0.2) is 53.5 Å². The average molecular weight is 373 g/mol. The van der Waals surface area contributed by atoms with Crippen molar-refractivity contribution in [3.05, 3.63) is 81.4 Å². The number of aromatic nitrogens is 2. The molecule has 3 aromatic rings. The summed E-state index contributed by atoms with van der Waals surface area (Å²) in [5.74, 6) is -0.538. The van der Waals surface area contributed by atoms with Crippen LogP contribution in [0.25, 0.3) is 5.65 Å². The summed E-state index contributed by atoms with van der Waals surface area (Å²) in [5, 5.41) is 0. The Kier molecular flexibility index (Phi) is 3.98. The zero-order valence-corrected chi connectivity index (χ0v) is 14.0. The number of nitrogens with zero attached hydrogens (tertiary/aromatic N) is 3. The predicted molar refractivity (Wildman–Crippen MR) is 91.4 cm³/mol. The molecule has 5 nitrogen and oxygen atoms in total. The molecule has 8 heteroatoms. The van der Waals surface area contributed by atoms with Gasteiger partial charge in [0.1, 0.15) is 5.65 Å². The van der Waals surface area contributed by atoms with Gasteiger partial charge in [0.05, 0.1) is 23.4 Å². The van der Waals surface area contributed by atoms with Crippen molar-refractivity contribution in [2.24, 2.45) is 0 Å². The van der Waals surface area contributed by atoms with Crippen molar-refractivity contribution in [3.63, 3.8) is 0 Å². The number of carbonyl (C=O) groups excluding carboxylic acids is 1. The second-order valence-corrected chi connectivity index (χ2v) is 6.33. The third-order valence-corrected chi connectivity index (χ3v) is 4.60. The van der Waals surface area contributed by atoms with E-state index in [0.717, 1.165) is 12.1 Å². The molecule has 0 N–H and O–H groups in total. The maximum Gasteiger partial charge on any atom is 0.416 e. The Bertz CT molecular complexity index is 1110. The van der Waals surface area contributed by atoms with Gasteiger partial charge in [-0.15, -0.1) is 0 Å². The van der Waals surface area contributed by atoms with Gasteiger partial charge in [0, 0.05) is 24.7 Å². The van der Waals surface area contributed by atoms with Crippen LogP contribution in [0.1, 0.15) is 27.2 Å². The largest absolute Gasteiger partial charge is 0.416 e. The quantitative estimate of drug-likeness (QED) is 0.659. The Morgan fingerprint density at radius 1 is 1.11 bits per heavy atom. The topological polar surface area (TPSA) is 54.7 Å². The van der Waals surface area contributed by atoms with E-state index in [9.17, 15) is 22.8 Å². The van der Waals surface area contributed by atoms with Crippen LogP contribution < -0.4 is 5.56 Å². The van der Waals surface area contributed by atoms with Crippen LogP contribution in [0.2, 0.25) is 0 Å². The second kappa shape index (κ2) is 6.22. The lowest BCUT2D eigenvalue weighted by atomic mass is 10.0. The van der Waals surface area contributed by atoms with Gasteiger partial charge in [-0.25, -0.2) is 4.98 Å².